The maximum atomic E-state index is 12.0. The maximum absolute atomic E-state index is 12.0. The average Bonchev–Trinajstić information content (AvgIpc) is 2.47. The molecule has 0 bridgehead atoms. The second-order valence-corrected chi connectivity index (χ2v) is 5.46. The average molecular weight is 381 g/mol. The topological polar surface area (TPSA) is 75.0 Å². The molecule has 0 saturated heterocycles. The number of nitrogens with zero attached hydrogens (tertiary/aromatic N) is 2. The monoisotopic (exact) mass is 379 g/mol. The van der Waals surface area contributed by atoms with Gasteiger partial charge in [-0.25, -0.2) is 9.78 Å². The fourth-order valence-corrected chi connectivity index (χ4v) is 2.31. The third-order valence-corrected chi connectivity index (χ3v) is 3.46. The van der Waals surface area contributed by atoms with Gasteiger partial charge < -0.3 is 10.1 Å². The Morgan fingerprint density at radius 3 is 2.91 bits per heavy atom. The van der Waals surface area contributed by atoms with Crippen LogP contribution in [-0.4, -0.2) is 17.6 Å². The molecule has 7 heteroatoms. The van der Waals surface area contributed by atoms with E-state index in [1.165, 1.54) is 6.07 Å². The second-order valence-electron chi connectivity index (χ2n) is 4.19. The number of nitriles is 1. The van der Waals surface area contributed by atoms with E-state index in [2.05, 4.69) is 26.2 Å². The highest BCUT2D eigenvalue weighted by Gasteiger charge is 2.18. The van der Waals surface area contributed by atoms with Crippen molar-refractivity contribution in [2.75, 3.05) is 11.9 Å². The third kappa shape index (κ3) is 3.75. The molecule has 0 radical (unpaired) electrons. The Bertz CT molecular complexity index is 759. The number of hydrogen-bond donors (Lipinski definition) is 1. The van der Waals surface area contributed by atoms with Crippen LogP contribution in [0.5, 0.6) is 0 Å². The number of carbonyl (C=O) groups is 1. The molecule has 0 fully saturated rings. The summed E-state index contributed by atoms with van der Waals surface area (Å²) in [5, 5.41) is 12.0. The first kappa shape index (κ1) is 16.3. The van der Waals surface area contributed by atoms with Crippen molar-refractivity contribution in [2.24, 2.45) is 0 Å². The van der Waals surface area contributed by atoms with E-state index >= 15 is 0 Å². The molecule has 0 atom stereocenters. The number of carbonyl (C=O) groups excluding carboxylic acids is 1. The number of hydrogen-bond acceptors (Lipinski definition) is 5. The Labute approximate surface area is 141 Å². The molecular weight excluding hydrogens is 370 g/mol. The lowest BCUT2D eigenvalue weighted by atomic mass is 10.2. The van der Waals surface area contributed by atoms with E-state index in [9.17, 15) is 4.79 Å². The number of pyridine rings is 1. The van der Waals surface area contributed by atoms with E-state index in [1.54, 1.807) is 6.92 Å². The molecule has 0 aliphatic carbocycles. The fourth-order valence-electron chi connectivity index (χ4n) is 1.73. The molecule has 0 amide bonds. The molecule has 0 unspecified atom stereocenters. The lowest BCUT2D eigenvalue weighted by Gasteiger charge is -2.12. The number of rotatable bonds is 4. The van der Waals surface area contributed by atoms with Gasteiger partial charge in [0, 0.05) is 10.2 Å². The lowest BCUT2D eigenvalue weighted by Crippen LogP contribution is -2.10. The van der Waals surface area contributed by atoms with Gasteiger partial charge in [-0.05, 0) is 31.2 Å². The highest BCUT2D eigenvalue weighted by molar-refractivity contribution is 9.10. The molecule has 5 nitrogen and oxygen atoms in total. The maximum Gasteiger partial charge on any atom is 0.341 e. The summed E-state index contributed by atoms with van der Waals surface area (Å²) >= 11 is 9.31. The van der Waals surface area contributed by atoms with Gasteiger partial charge >= 0.3 is 5.97 Å². The smallest absolute Gasteiger partial charge is 0.341 e. The molecule has 1 N–H and O–H groups in total. The zero-order valence-electron chi connectivity index (χ0n) is 11.6. The summed E-state index contributed by atoms with van der Waals surface area (Å²) in [6.07, 6.45) is 0. The minimum absolute atomic E-state index is 0.0213. The van der Waals surface area contributed by atoms with Crippen LogP contribution in [0.25, 0.3) is 0 Å². The quantitative estimate of drug-likeness (QED) is 0.632. The van der Waals surface area contributed by atoms with Gasteiger partial charge in [0.1, 0.15) is 22.6 Å². The van der Waals surface area contributed by atoms with Gasteiger partial charge in [0.15, 0.2) is 0 Å². The SMILES string of the molecule is CCOC(=O)c1cc(C#N)c(Cl)nc1Nc1cccc(Br)c1. The van der Waals surface area contributed by atoms with Crippen LogP contribution in [0.2, 0.25) is 5.15 Å². The first-order chi connectivity index (χ1) is 10.5. The number of ether oxygens (including phenoxy) is 1. The zero-order valence-corrected chi connectivity index (χ0v) is 13.9. The van der Waals surface area contributed by atoms with Crippen LogP contribution in [0.15, 0.2) is 34.8 Å². The molecule has 0 spiro atoms. The molecule has 22 heavy (non-hydrogen) atoms. The fraction of sp³-hybridized carbons (Fsp3) is 0.133. The molecule has 2 aromatic rings. The molecule has 1 aromatic heterocycles. The van der Waals surface area contributed by atoms with Crippen LogP contribution >= 0.6 is 27.5 Å². The van der Waals surface area contributed by atoms with Crippen LogP contribution in [-0.2, 0) is 4.74 Å². The van der Waals surface area contributed by atoms with Crippen LogP contribution < -0.4 is 5.32 Å². The minimum atomic E-state index is -0.569. The predicted octanol–water partition coefficient (Wildman–Crippen LogP) is 4.29. The zero-order chi connectivity index (χ0) is 16.1. The molecule has 0 saturated carbocycles. The van der Waals surface area contributed by atoms with Gasteiger partial charge in [-0.3, -0.25) is 0 Å². The van der Waals surface area contributed by atoms with Crippen molar-refractivity contribution in [1.82, 2.24) is 4.98 Å². The van der Waals surface area contributed by atoms with Crippen LogP contribution in [0.1, 0.15) is 22.8 Å². The molecule has 0 aliphatic heterocycles. The minimum Gasteiger partial charge on any atom is -0.462 e. The molecule has 112 valence electrons. The number of esters is 1. The summed E-state index contributed by atoms with van der Waals surface area (Å²) < 4.78 is 5.86. The summed E-state index contributed by atoms with van der Waals surface area (Å²) in [5.74, 6) is -0.332. The van der Waals surface area contributed by atoms with Crippen molar-refractivity contribution in [2.45, 2.75) is 6.92 Å². The Balaban J connectivity index is 2.46. The Kier molecular flexibility index (Phi) is 5.36. The Hall–Kier alpha value is -2.10. The first-order valence-corrected chi connectivity index (χ1v) is 7.52. The number of anilines is 2. The molecule has 1 aromatic carbocycles. The number of nitrogens with one attached hydrogen (secondary N) is 1. The van der Waals surface area contributed by atoms with Crippen LogP contribution in [0.4, 0.5) is 11.5 Å². The summed E-state index contributed by atoms with van der Waals surface area (Å²) in [7, 11) is 0. The van der Waals surface area contributed by atoms with Crippen LogP contribution in [0.3, 0.4) is 0 Å². The molecular formula is C15H11BrClN3O2. The summed E-state index contributed by atoms with van der Waals surface area (Å²) in [6, 6.07) is 10.6. The van der Waals surface area contributed by atoms with Crippen molar-refractivity contribution < 1.29 is 9.53 Å². The standard InChI is InChI=1S/C15H11BrClN3O2/c1-2-22-15(21)12-6-9(8-18)13(17)20-14(12)19-11-5-3-4-10(16)7-11/h3-7H,2H2,1H3,(H,19,20). The van der Waals surface area contributed by atoms with Crippen molar-refractivity contribution in [3.8, 4) is 6.07 Å². The van der Waals surface area contributed by atoms with Gasteiger partial charge in [-0.2, -0.15) is 5.26 Å². The summed E-state index contributed by atoms with van der Waals surface area (Å²) in [4.78, 5) is 16.1. The summed E-state index contributed by atoms with van der Waals surface area (Å²) in [5.41, 5.74) is 0.987. The Morgan fingerprint density at radius 1 is 1.50 bits per heavy atom. The third-order valence-electron chi connectivity index (χ3n) is 2.68. The second kappa shape index (κ2) is 7.25. The molecule has 2 rings (SSSR count). The normalized spacial score (nSPS) is 9.91. The highest BCUT2D eigenvalue weighted by atomic mass is 79.9. The first-order valence-electron chi connectivity index (χ1n) is 6.35. The van der Waals surface area contributed by atoms with E-state index in [0.29, 0.717) is 5.69 Å². The Morgan fingerprint density at radius 2 is 2.27 bits per heavy atom. The molecule has 0 aliphatic rings. The number of aromatic nitrogens is 1. The van der Waals surface area contributed by atoms with Gasteiger partial charge in [0.2, 0.25) is 0 Å². The lowest BCUT2D eigenvalue weighted by molar-refractivity contribution is 0.0527. The molecule has 1 heterocycles. The van der Waals surface area contributed by atoms with E-state index in [1.807, 2.05) is 30.3 Å². The van der Waals surface area contributed by atoms with Gasteiger partial charge in [0.25, 0.3) is 0 Å². The number of halogens is 2. The summed E-state index contributed by atoms with van der Waals surface area (Å²) in [6.45, 7) is 1.92. The van der Waals surface area contributed by atoms with Crippen molar-refractivity contribution in [3.05, 3.63) is 51.1 Å². The van der Waals surface area contributed by atoms with E-state index in [4.69, 9.17) is 21.6 Å². The van der Waals surface area contributed by atoms with E-state index in [0.717, 1.165) is 4.47 Å². The van der Waals surface area contributed by atoms with Crippen molar-refractivity contribution in [3.63, 3.8) is 0 Å². The van der Waals surface area contributed by atoms with Gasteiger partial charge in [-0.1, -0.05) is 33.6 Å². The number of benzene rings is 1. The van der Waals surface area contributed by atoms with E-state index in [-0.39, 0.29) is 28.7 Å². The largest absolute Gasteiger partial charge is 0.462 e. The van der Waals surface area contributed by atoms with Crippen LogP contribution in [0, 0.1) is 11.3 Å². The van der Waals surface area contributed by atoms with Gasteiger partial charge in [-0.15, -0.1) is 0 Å². The van der Waals surface area contributed by atoms with Crippen molar-refractivity contribution >= 4 is 45.0 Å². The predicted molar refractivity (Wildman–Crippen MR) is 87.3 cm³/mol. The highest BCUT2D eigenvalue weighted by Crippen LogP contribution is 2.26. The van der Waals surface area contributed by atoms with Gasteiger partial charge in [0.05, 0.1) is 12.2 Å². The van der Waals surface area contributed by atoms with Crippen molar-refractivity contribution in [1.29, 1.82) is 5.26 Å². The van der Waals surface area contributed by atoms with E-state index < -0.39 is 5.97 Å².